The summed E-state index contributed by atoms with van der Waals surface area (Å²) in [5.41, 5.74) is 2.16. The Balaban J connectivity index is 1.90. The summed E-state index contributed by atoms with van der Waals surface area (Å²) >= 11 is 1.70. The molecule has 5 nitrogen and oxygen atoms in total. The second kappa shape index (κ2) is 8.53. The molecule has 3 N–H and O–H groups in total. The summed E-state index contributed by atoms with van der Waals surface area (Å²) in [5.74, 6) is 1.11. The predicted octanol–water partition coefficient (Wildman–Crippen LogP) is 2.76. The largest absolute Gasteiger partial charge is 0.508 e. The fourth-order valence-electron chi connectivity index (χ4n) is 2.25. The summed E-state index contributed by atoms with van der Waals surface area (Å²) in [6.45, 7) is 8.31. The van der Waals surface area contributed by atoms with Crippen molar-refractivity contribution in [1.82, 2.24) is 15.6 Å². The van der Waals surface area contributed by atoms with E-state index in [1.807, 2.05) is 26.0 Å². The van der Waals surface area contributed by atoms with Gasteiger partial charge in [0.15, 0.2) is 5.96 Å². The van der Waals surface area contributed by atoms with E-state index in [4.69, 9.17) is 0 Å². The van der Waals surface area contributed by atoms with Crippen LogP contribution in [0, 0.1) is 13.8 Å². The first kappa shape index (κ1) is 17.3. The highest BCUT2D eigenvalue weighted by Gasteiger charge is 2.05. The minimum Gasteiger partial charge on any atom is -0.508 e. The van der Waals surface area contributed by atoms with Crippen molar-refractivity contribution in [3.05, 3.63) is 45.4 Å². The lowest BCUT2D eigenvalue weighted by Crippen LogP contribution is -2.38. The van der Waals surface area contributed by atoms with Crippen molar-refractivity contribution in [2.75, 3.05) is 13.1 Å². The summed E-state index contributed by atoms with van der Waals surface area (Å²) in [4.78, 5) is 10.3. The molecule has 2 aromatic rings. The zero-order chi connectivity index (χ0) is 16.7. The van der Waals surface area contributed by atoms with Crippen LogP contribution in [0.3, 0.4) is 0 Å². The van der Waals surface area contributed by atoms with Gasteiger partial charge in [0.2, 0.25) is 0 Å². The average molecular weight is 332 g/mol. The van der Waals surface area contributed by atoms with Crippen LogP contribution >= 0.6 is 11.3 Å². The van der Waals surface area contributed by atoms with E-state index in [0.717, 1.165) is 41.7 Å². The SMILES string of the molecule is CCNC(=NCc1sc(C)nc1C)NCCc1cccc(O)c1. The van der Waals surface area contributed by atoms with Crippen molar-refractivity contribution in [1.29, 1.82) is 0 Å². The fourth-order valence-corrected chi connectivity index (χ4v) is 3.11. The average Bonchev–Trinajstić information content (AvgIpc) is 2.83. The van der Waals surface area contributed by atoms with E-state index in [1.54, 1.807) is 23.5 Å². The van der Waals surface area contributed by atoms with Crippen LogP contribution < -0.4 is 10.6 Å². The van der Waals surface area contributed by atoms with Crippen LogP contribution in [0.4, 0.5) is 0 Å². The minimum absolute atomic E-state index is 0.305. The number of rotatable bonds is 6. The van der Waals surface area contributed by atoms with Crippen molar-refractivity contribution >= 4 is 17.3 Å². The van der Waals surface area contributed by atoms with Gasteiger partial charge in [0.05, 0.1) is 17.2 Å². The quantitative estimate of drug-likeness (QED) is 0.562. The van der Waals surface area contributed by atoms with Crippen molar-refractivity contribution in [3.8, 4) is 5.75 Å². The molecule has 0 saturated heterocycles. The third kappa shape index (κ3) is 5.56. The molecule has 0 unspecified atom stereocenters. The molecule has 0 radical (unpaired) electrons. The lowest BCUT2D eigenvalue weighted by Gasteiger charge is -2.11. The van der Waals surface area contributed by atoms with Crippen LogP contribution in [-0.2, 0) is 13.0 Å². The van der Waals surface area contributed by atoms with Crippen LogP contribution in [0.25, 0.3) is 0 Å². The Kier molecular flexibility index (Phi) is 6.40. The lowest BCUT2D eigenvalue weighted by atomic mass is 10.1. The number of aromatic nitrogens is 1. The van der Waals surface area contributed by atoms with Gasteiger partial charge in [-0.15, -0.1) is 11.3 Å². The molecule has 0 atom stereocenters. The molecule has 0 fully saturated rings. The van der Waals surface area contributed by atoms with Gasteiger partial charge in [-0.1, -0.05) is 12.1 Å². The fraction of sp³-hybridized carbons (Fsp3) is 0.412. The first-order valence-electron chi connectivity index (χ1n) is 7.81. The number of hydrogen-bond acceptors (Lipinski definition) is 4. The maximum Gasteiger partial charge on any atom is 0.191 e. The summed E-state index contributed by atoms with van der Waals surface area (Å²) < 4.78 is 0. The molecule has 0 spiro atoms. The van der Waals surface area contributed by atoms with E-state index in [0.29, 0.717) is 12.3 Å². The number of thiazole rings is 1. The molecule has 2 rings (SSSR count). The van der Waals surface area contributed by atoms with Crippen molar-refractivity contribution < 1.29 is 5.11 Å². The molecule has 124 valence electrons. The minimum atomic E-state index is 0.305. The number of aromatic hydroxyl groups is 1. The lowest BCUT2D eigenvalue weighted by molar-refractivity contribution is 0.474. The van der Waals surface area contributed by atoms with Gasteiger partial charge in [0, 0.05) is 18.0 Å². The number of benzene rings is 1. The molecule has 0 aliphatic heterocycles. The Labute approximate surface area is 141 Å². The third-order valence-electron chi connectivity index (χ3n) is 3.34. The van der Waals surface area contributed by atoms with Gasteiger partial charge in [-0.25, -0.2) is 9.98 Å². The van der Waals surface area contributed by atoms with Crippen molar-refractivity contribution in [2.24, 2.45) is 4.99 Å². The number of nitrogens with one attached hydrogen (secondary N) is 2. The van der Waals surface area contributed by atoms with Crippen LogP contribution in [0.5, 0.6) is 5.75 Å². The Morgan fingerprint density at radius 2 is 2.13 bits per heavy atom. The first-order chi connectivity index (χ1) is 11.1. The number of nitrogens with zero attached hydrogens (tertiary/aromatic N) is 2. The van der Waals surface area contributed by atoms with E-state index in [-0.39, 0.29) is 0 Å². The first-order valence-corrected chi connectivity index (χ1v) is 8.63. The molecule has 0 bridgehead atoms. The number of phenols is 1. The Morgan fingerprint density at radius 3 is 2.78 bits per heavy atom. The molecular formula is C17H24N4OS. The molecule has 23 heavy (non-hydrogen) atoms. The maximum absolute atomic E-state index is 9.48. The highest BCUT2D eigenvalue weighted by molar-refractivity contribution is 7.11. The van der Waals surface area contributed by atoms with Crippen molar-refractivity contribution in [3.63, 3.8) is 0 Å². The zero-order valence-electron chi connectivity index (χ0n) is 13.9. The molecule has 0 saturated carbocycles. The molecular weight excluding hydrogens is 308 g/mol. The van der Waals surface area contributed by atoms with Gasteiger partial charge < -0.3 is 15.7 Å². The van der Waals surface area contributed by atoms with E-state index < -0.39 is 0 Å². The van der Waals surface area contributed by atoms with E-state index in [9.17, 15) is 5.11 Å². The number of guanidine groups is 1. The Morgan fingerprint density at radius 1 is 1.30 bits per heavy atom. The summed E-state index contributed by atoms with van der Waals surface area (Å²) in [7, 11) is 0. The zero-order valence-corrected chi connectivity index (χ0v) is 14.7. The molecule has 1 aromatic heterocycles. The second-order valence-corrected chi connectivity index (χ2v) is 6.57. The van der Waals surface area contributed by atoms with Gasteiger partial charge in [0.1, 0.15) is 5.75 Å². The standard InChI is InChI=1S/C17H24N4OS/c1-4-18-17(20-11-16-12(2)21-13(3)23-16)19-9-8-14-6-5-7-15(22)10-14/h5-7,10,22H,4,8-9,11H2,1-3H3,(H2,18,19,20). The number of hydrogen-bond donors (Lipinski definition) is 3. The van der Waals surface area contributed by atoms with Gasteiger partial charge in [-0.05, 0) is 44.9 Å². The van der Waals surface area contributed by atoms with Gasteiger partial charge in [0.25, 0.3) is 0 Å². The van der Waals surface area contributed by atoms with E-state index in [2.05, 4.69) is 27.5 Å². The van der Waals surface area contributed by atoms with Gasteiger partial charge in [-0.3, -0.25) is 0 Å². The molecule has 0 aliphatic carbocycles. The number of aryl methyl sites for hydroxylation is 2. The van der Waals surface area contributed by atoms with E-state index in [1.165, 1.54) is 4.88 Å². The summed E-state index contributed by atoms with van der Waals surface area (Å²) in [6.07, 6.45) is 0.831. The molecule has 0 aliphatic rings. The Hall–Kier alpha value is -2.08. The summed E-state index contributed by atoms with van der Waals surface area (Å²) in [6, 6.07) is 7.34. The monoisotopic (exact) mass is 332 g/mol. The smallest absolute Gasteiger partial charge is 0.191 e. The summed E-state index contributed by atoms with van der Waals surface area (Å²) in [5, 5.41) is 17.1. The number of aliphatic imine (C=N–C) groups is 1. The molecule has 0 amide bonds. The van der Waals surface area contributed by atoms with Crippen LogP contribution in [-0.4, -0.2) is 29.1 Å². The maximum atomic E-state index is 9.48. The van der Waals surface area contributed by atoms with Crippen LogP contribution in [0.2, 0.25) is 0 Å². The van der Waals surface area contributed by atoms with Crippen molar-refractivity contribution in [2.45, 2.75) is 33.7 Å². The van der Waals surface area contributed by atoms with Gasteiger partial charge >= 0.3 is 0 Å². The highest BCUT2D eigenvalue weighted by Crippen LogP contribution is 2.17. The highest BCUT2D eigenvalue weighted by atomic mass is 32.1. The molecule has 1 heterocycles. The molecule has 1 aromatic carbocycles. The topological polar surface area (TPSA) is 69.5 Å². The van der Waals surface area contributed by atoms with Gasteiger partial charge in [-0.2, -0.15) is 0 Å². The number of phenolic OH excluding ortho intramolecular Hbond substituents is 1. The van der Waals surface area contributed by atoms with Crippen LogP contribution in [0.1, 0.15) is 28.1 Å². The third-order valence-corrected chi connectivity index (χ3v) is 4.40. The second-order valence-electron chi connectivity index (χ2n) is 5.28. The van der Waals surface area contributed by atoms with Crippen LogP contribution in [0.15, 0.2) is 29.3 Å². The molecule has 6 heteroatoms. The Bertz CT molecular complexity index is 666. The normalized spacial score (nSPS) is 11.5. The van der Waals surface area contributed by atoms with E-state index >= 15 is 0 Å². The predicted molar refractivity (Wildman–Crippen MR) is 96.2 cm³/mol.